The van der Waals surface area contributed by atoms with Gasteiger partial charge in [0.15, 0.2) is 16.6 Å². The molecule has 0 radical (unpaired) electrons. The third kappa shape index (κ3) is 2.04. The number of carbonyl (C=O) groups is 1. The highest BCUT2D eigenvalue weighted by molar-refractivity contribution is 7.15. The van der Waals surface area contributed by atoms with Gasteiger partial charge in [0.05, 0.1) is 0 Å². The van der Waals surface area contributed by atoms with Crippen molar-refractivity contribution in [3.8, 4) is 0 Å². The number of nitrogens with zero attached hydrogens (tertiary/aromatic N) is 3. The van der Waals surface area contributed by atoms with Crippen molar-refractivity contribution < 1.29 is 9.90 Å². The highest BCUT2D eigenvalue weighted by atomic mass is 32.1. The van der Waals surface area contributed by atoms with Crippen LogP contribution in [0.15, 0.2) is 30.6 Å². The maximum absolute atomic E-state index is 11.4. The van der Waals surface area contributed by atoms with E-state index in [0.717, 1.165) is 4.88 Å². The van der Waals surface area contributed by atoms with E-state index in [-0.39, 0.29) is 5.69 Å². The van der Waals surface area contributed by atoms with E-state index < -0.39 is 5.97 Å². The summed E-state index contributed by atoms with van der Waals surface area (Å²) in [6, 6.07) is 5.33. The van der Waals surface area contributed by atoms with Crippen molar-refractivity contribution in [1.29, 1.82) is 0 Å². The minimum Gasteiger partial charge on any atom is -0.476 e. The summed E-state index contributed by atoms with van der Waals surface area (Å²) in [6.45, 7) is 1.94. The monoisotopic (exact) mass is 274 g/mol. The van der Waals surface area contributed by atoms with Crippen molar-refractivity contribution >= 4 is 33.9 Å². The summed E-state index contributed by atoms with van der Waals surface area (Å²) < 4.78 is 1.53. The largest absolute Gasteiger partial charge is 0.476 e. The molecule has 3 aromatic rings. The van der Waals surface area contributed by atoms with Gasteiger partial charge in [-0.05, 0) is 19.1 Å². The van der Waals surface area contributed by atoms with E-state index in [0.29, 0.717) is 16.6 Å². The molecule has 19 heavy (non-hydrogen) atoms. The number of carboxylic acid groups (broad SMARTS) is 1. The molecule has 0 saturated carbocycles. The molecule has 7 heteroatoms. The number of pyridine rings is 1. The highest BCUT2D eigenvalue weighted by Gasteiger charge is 2.19. The molecule has 6 nitrogen and oxygen atoms in total. The lowest BCUT2D eigenvalue weighted by molar-refractivity contribution is 0.0690. The lowest BCUT2D eigenvalue weighted by Crippen LogP contribution is -2.05. The molecule has 2 N–H and O–H groups in total. The maximum Gasteiger partial charge on any atom is 0.356 e. The van der Waals surface area contributed by atoms with Gasteiger partial charge in [-0.3, -0.25) is 4.40 Å². The topological polar surface area (TPSA) is 79.5 Å². The number of aromatic carboxylic acids is 1. The van der Waals surface area contributed by atoms with Crippen LogP contribution < -0.4 is 5.32 Å². The minimum atomic E-state index is -1.03. The van der Waals surface area contributed by atoms with E-state index >= 15 is 0 Å². The Morgan fingerprint density at radius 2 is 2.32 bits per heavy atom. The predicted molar refractivity (Wildman–Crippen MR) is 72.3 cm³/mol. The Labute approximate surface area is 112 Å². The zero-order valence-corrected chi connectivity index (χ0v) is 10.8. The molecular weight excluding hydrogens is 264 g/mol. The third-order valence-electron chi connectivity index (χ3n) is 2.58. The quantitative estimate of drug-likeness (QED) is 0.767. The zero-order valence-electron chi connectivity index (χ0n) is 9.99. The summed E-state index contributed by atoms with van der Waals surface area (Å²) in [4.78, 5) is 20.8. The van der Waals surface area contributed by atoms with Crippen LogP contribution >= 0.6 is 11.3 Å². The van der Waals surface area contributed by atoms with Crippen molar-refractivity contribution in [2.45, 2.75) is 6.92 Å². The first-order valence-corrected chi connectivity index (χ1v) is 6.36. The van der Waals surface area contributed by atoms with Gasteiger partial charge in [0.2, 0.25) is 0 Å². The number of hydrogen-bond acceptors (Lipinski definition) is 5. The summed E-state index contributed by atoms with van der Waals surface area (Å²) in [5, 5.41) is 12.9. The number of fused-ring (bicyclic) bond motifs is 1. The lowest BCUT2D eigenvalue weighted by Gasteiger charge is -2.00. The van der Waals surface area contributed by atoms with Crippen LogP contribution in [0.25, 0.3) is 5.65 Å². The molecular formula is C12H10N4O2S. The van der Waals surface area contributed by atoms with Gasteiger partial charge in [0.25, 0.3) is 0 Å². The van der Waals surface area contributed by atoms with E-state index in [9.17, 15) is 9.90 Å². The number of hydrogen-bond donors (Lipinski definition) is 2. The van der Waals surface area contributed by atoms with Crippen molar-refractivity contribution in [2.75, 3.05) is 5.32 Å². The van der Waals surface area contributed by atoms with Crippen LogP contribution in [0.2, 0.25) is 0 Å². The molecule has 3 heterocycles. The summed E-state index contributed by atoms with van der Waals surface area (Å²) in [6.07, 6.45) is 3.40. The SMILES string of the molecule is Cc1cnc(Nc2nc3ccccn3c2C(=O)O)s1. The second-order valence-electron chi connectivity index (χ2n) is 3.94. The van der Waals surface area contributed by atoms with Gasteiger partial charge in [-0.2, -0.15) is 0 Å². The number of imidazole rings is 1. The van der Waals surface area contributed by atoms with Gasteiger partial charge in [0, 0.05) is 17.3 Å². The molecule has 0 atom stereocenters. The summed E-state index contributed by atoms with van der Waals surface area (Å²) in [5.41, 5.74) is 0.680. The number of aromatic nitrogens is 3. The molecule has 96 valence electrons. The van der Waals surface area contributed by atoms with E-state index in [4.69, 9.17) is 0 Å². The predicted octanol–water partition coefficient (Wildman–Crippen LogP) is 2.54. The Kier molecular flexibility index (Phi) is 2.68. The summed E-state index contributed by atoms with van der Waals surface area (Å²) >= 11 is 1.45. The summed E-state index contributed by atoms with van der Waals surface area (Å²) in [5.74, 6) is -0.734. The van der Waals surface area contributed by atoms with Crippen LogP contribution in [0.3, 0.4) is 0 Å². The van der Waals surface area contributed by atoms with E-state index in [1.54, 1.807) is 24.5 Å². The van der Waals surface area contributed by atoms with Crippen LogP contribution in [0.4, 0.5) is 10.9 Å². The molecule has 3 aromatic heterocycles. The number of aryl methyl sites for hydroxylation is 1. The fourth-order valence-electron chi connectivity index (χ4n) is 1.80. The number of anilines is 2. The van der Waals surface area contributed by atoms with Crippen LogP contribution in [-0.2, 0) is 0 Å². The molecule has 0 unspecified atom stereocenters. The first-order valence-electron chi connectivity index (χ1n) is 5.55. The Morgan fingerprint density at radius 1 is 1.47 bits per heavy atom. The van der Waals surface area contributed by atoms with Gasteiger partial charge >= 0.3 is 5.97 Å². The number of carboxylic acids is 1. The normalized spacial score (nSPS) is 10.8. The molecule has 0 aromatic carbocycles. The lowest BCUT2D eigenvalue weighted by atomic mass is 10.4. The second kappa shape index (κ2) is 4.36. The molecule has 0 aliphatic carbocycles. The molecule has 0 aliphatic rings. The van der Waals surface area contributed by atoms with E-state index in [1.807, 2.05) is 13.0 Å². The molecule has 0 spiro atoms. The van der Waals surface area contributed by atoms with Crippen molar-refractivity contribution in [3.05, 3.63) is 41.2 Å². The minimum absolute atomic E-state index is 0.100. The standard InChI is InChI=1S/C12H10N4O2S/c1-7-6-13-12(19-7)15-10-9(11(17)18)16-5-3-2-4-8(16)14-10/h2-6H,1H3,(H,13,15)(H,17,18). The van der Waals surface area contributed by atoms with Crippen molar-refractivity contribution in [2.24, 2.45) is 0 Å². The van der Waals surface area contributed by atoms with E-state index in [1.165, 1.54) is 15.7 Å². The molecule has 0 bridgehead atoms. The van der Waals surface area contributed by atoms with Gasteiger partial charge < -0.3 is 10.4 Å². The zero-order chi connectivity index (χ0) is 13.4. The molecule has 3 rings (SSSR count). The van der Waals surface area contributed by atoms with Crippen LogP contribution in [0.5, 0.6) is 0 Å². The van der Waals surface area contributed by atoms with Crippen LogP contribution in [0, 0.1) is 6.92 Å². The maximum atomic E-state index is 11.4. The van der Waals surface area contributed by atoms with Gasteiger partial charge in [-0.25, -0.2) is 14.8 Å². The third-order valence-corrected chi connectivity index (χ3v) is 3.41. The van der Waals surface area contributed by atoms with E-state index in [2.05, 4.69) is 15.3 Å². The first kappa shape index (κ1) is 11.7. The van der Waals surface area contributed by atoms with Gasteiger partial charge in [0.1, 0.15) is 5.65 Å². The van der Waals surface area contributed by atoms with Gasteiger partial charge in [-0.15, -0.1) is 11.3 Å². The smallest absolute Gasteiger partial charge is 0.356 e. The Morgan fingerprint density at radius 3 is 3.00 bits per heavy atom. The fourth-order valence-corrected chi connectivity index (χ4v) is 2.46. The molecule has 0 amide bonds. The van der Waals surface area contributed by atoms with Crippen molar-refractivity contribution in [3.63, 3.8) is 0 Å². The Balaban J connectivity index is 2.12. The van der Waals surface area contributed by atoms with Crippen LogP contribution in [-0.4, -0.2) is 25.4 Å². The van der Waals surface area contributed by atoms with Crippen LogP contribution in [0.1, 0.15) is 15.4 Å². The van der Waals surface area contributed by atoms with Gasteiger partial charge in [-0.1, -0.05) is 6.07 Å². The highest BCUT2D eigenvalue weighted by Crippen LogP contribution is 2.25. The Hall–Kier alpha value is -2.41. The fraction of sp³-hybridized carbons (Fsp3) is 0.0833. The number of thiazole rings is 1. The molecule has 0 fully saturated rings. The average molecular weight is 274 g/mol. The van der Waals surface area contributed by atoms with Crippen molar-refractivity contribution in [1.82, 2.24) is 14.4 Å². The Bertz CT molecular complexity index is 762. The number of nitrogens with one attached hydrogen (secondary N) is 1. The molecule has 0 saturated heterocycles. The molecule has 0 aliphatic heterocycles. The first-order chi connectivity index (χ1) is 9.15. The average Bonchev–Trinajstić information content (AvgIpc) is 2.92. The second-order valence-corrected chi connectivity index (χ2v) is 5.18. The number of rotatable bonds is 3. The summed E-state index contributed by atoms with van der Waals surface area (Å²) in [7, 11) is 0.